The minimum absolute atomic E-state index is 0.202. The summed E-state index contributed by atoms with van der Waals surface area (Å²) in [5, 5.41) is 5.90. The number of ether oxygens (including phenoxy) is 3. The van der Waals surface area contributed by atoms with Crippen molar-refractivity contribution in [3.63, 3.8) is 0 Å². The molecule has 0 unspecified atom stereocenters. The van der Waals surface area contributed by atoms with E-state index in [1.807, 2.05) is 56.5 Å². The average Bonchev–Trinajstić information content (AvgIpc) is 3.27. The Hall–Kier alpha value is -2.55. The molecule has 3 rings (SSSR count). The fourth-order valence-electron chi connectivity index (χ4n) is 3.57. The van der Waals surface area contributed by atoms with E-state index in [1.165, 1.54) is 11.3 Å². The molecule has 3 aromatic rings. The van der Waals surface area contributed by atoms with E-state index in [-0.39, 0.29) is 18.9 Å². The molecule has 1 N–H and O–H groups in total. The summed E-state index contributed by atoms with van der Waals surface area (Å²) in [6, 6.07) is 9.35. The SMILES string of the molecule is CCOC(=O)c1c(-c2ccc(OCC)cc2)csc1NC(=O)CCCOc1cc(C)c(Cl)c(C)c1Br. The summed E-state index contributed by atoms with van der Waals surface area (Å²) in [4.78, 5) is 25.5. The van der Waals surface area contributed by atoms with Gasteiger partial charge in [-0.3, -0.25) is 4.79 Å². The Kier molecular flexibility index (Phi) is 10.2. The average molecular weight is 595 g/mol. The molecule has 1 amide bonds. The molecule has 6 nitrogen and oxygen atoms in total. The van der Waals surface area contributed by atoms with E-state index in [0.717, 1.165) is 26.9 Å². The fourth-order valence-corrected chi connectivity index (χ4v) is 5.24. The number of hydrogen-bond donors (Lipinski definition) is 1. The van der Waals surface area contributed by atoms with Crippen molar-refractivity contribution in [2.75, 3.05) is 25.1 Å². The summed E-state index contributed by atoms with van der Waals surface area (Å²) in [5.74, 6) is 0.768. The largest absolute Gasteiger partial charge is 0.494 e. The number of carbonyl (C=O) groups excluding carboxylic acids is 2. The van der Waals surface area contributed by atoms with Crippen molar-refractivity contribution in [2.45, 2.75) is 40.5 Å². The molecule has 0 atom stereocenters. The standard InChI is InChI=1S/C27H29BrClNO5S/c1-5-33-19-11-9-18(10-12-19)20-15-36-26(23(20)27(32)34-6-2)30-22(31)8-7-13-35-21-14-16(3)25(29)17(4)24(21)28/h9-12,14-15H,5-8,13H2,1-4H3,(H,30,31). The van der Waals surface area contributed by atoms with Gasteiger partial charge in [-0.15, -0.1) is 11.3 Å². The molecule has 36 heavy (non-hydrogen) atoms. The summed E-state index contributed by atoms with van der Waals surface area (Å²) in [6.07, 6.45) is 0.743. The monoisotopic (exact) mass is 593 g/mol. The van der Waals surface area contributed by atoms with Crippen LogP contribution in [0.4, 0.5) is 5.00 Å². The van der Waals surface area contributed by atoms with Crippen LogP contribution >= 0.6 is 38.9 Å². The van der Waals surface area contributed by atoms with Crippen molar-refractivity contribution in [2.24, 2.45) is 0 Å². The van der Waals surface area contributed by atoms with Crippen LogP contribution < -0.4 is 14.8 Å². The number of esters is 1. The molecular formula is C27H29BrClNO5S. The zero-order valence-corrected chi connectivity index (χ0v) is 23.9. The Morgan fingerprint density at radius 2 is 1.81 bits per heavy atom. The highest BCUT2D eigenvalue weighted by molar-refractivity contribution is 9.10. The predicted octanol–water partition coefficient (Wildman–Crippen LogP) is 7.82. The quantitative estimate of drug-likeness (QED) is 0.181. The summed E-state index contributed by atoms with van der Waals surface area (Å²) in [7, 11) is 0. The first kappa shape index (κ1) is 28.0. The lowest BCUT2D eigenvalue weighted by atomic mass is 10.0. The third kappa shape index (κ3) is 6.81. The predicted molar refractivity (Wildman–Crippen MR) is 149 cm³/mol. The molecule has 2 aromatic carbocycles. The zero-order chi connectivity index (χ0) is 26.2. The van der Waals surface area contributed by atoms with Crippen molar-refractivity contribution >= 4 is 55.7 Å². The highest BCUT2D eigenvalue weighted by atomic mass is 79.9. The van der Waals surface area contributed by atoms with Crippen molar-refractivity contribution < 1.29 is 23.8 Å². The van der Waals surface area contributed by atoms with Gasteiger partial charge in [0.2, 0.25) is 5.91 Å². The first-order chi connectivity index (χ1) is 17.3. The number of hydrogen-bond acceptors (Lipinski definition) is 6. The second-order valence-corrected chi connectivity index (χ2v) is 10.0. The molecule has 0 spiro atoms. The van der Waals surface area contributed by atoms with Crippen molar-refractivity contribution in [1.29, 1.82) is 0 Å². The molecule has 1 heterocycles. The van der Waals surface area contributed by atoms with Gasteiger partial charge in [0, 0.05) is 22.4 Å². The Bertz CT molecular complexity index is 1230. The Morgan fingerprint density at radius 3 is 2.47 bits per heavy atom. The van der Waals surface area contributed by atoms with Gasteiger partial charge < -0.3 is 19.5 Å². The molecule has 0 bridgehead atoms. The summed E-state index contributed by atoms with van der Waals surface area (Å²) >= 11 is 11.1. The molecule has 0 saturated heterocycles. The lowest BCUT2D eigenvalue weighted by Crippen LogP contribution is -2.15. The second kappa shape index (κ2) is 13.1. The van der Waals surface area contributed by atoms with Crippen LogP contribution in [0.15, 0.2) is 40.2 Å². The van der Waals surface area contributed by atoms with Gasteiger partial charge in [0.05, 0.1) is 24.3 Å². The van der Waals surface area contributed by atoms with E-state index in [2.05, 4.69) is 21.2 Å². The number of rotatable bonds is 11. The lowest BCUT2D eigenvalue weighted by molar-refractivity contribution is -0.116. The van der Waals surface area contributed by atoms with Gasteiger partial charge in [0.25, 0.3) is 0 Å². The van der Waals surface area contributed by atoms with Gasteiger partial charge in [-0.25, -0.2) is 4.79 Å². The normalized spacial score (nSPS) is 10.7. The van der Waals surface area contributed by atoms with Crippen molar-refractivity contribution in [3.05, 3.63) is 61.9 Å². The van der Waals surface area contributed by atoms with E-state index in [0.29, 0.717) is 46.5 Å². The third-order valence-electron chi connectivity index (χ3n) is 5.37. The van der Waals surface area contributed by atoms with E-state index in [1.54, 1.807) is 6.92 Å². The van der Waals surface area contributed by atoms with Gasteiger partial charge in [0.15, 0.2) is 0 Å². The van der Waals surface area contributed by atoms with Crippen molar-refractivity contribution in [3.8, 4) is 22.6 Å². The third-order valence-corrected chi connectivity index (χ3v) is 7.84. The lowest BCUT2D eigenvalue weighted by Gasteiger charge is -2.13. The van der Waals surface area contributed by atoms with E-state index < -0.39 is 5.97 Å². The second-order valence-electron chi connectivity index (χ2n) is 7.98. The number of amides is 1. The molecule has 0 fully saturated rings. The highest BCUT2D eigenvalue weighted by Gasteiger charge is 2.23. The molecule has 1 aromatic heterocycles. The van der Waals surface area contributed by atoms with Gasteiger partial charge in [-0.2, -0.15) is 0 Å². The summed E-state index contributed by atoms with van der Waals surface area (Å²) in [5.41, 5.74) is 3.74. The van der Waals surface area contributed by atoms with Crippen LogP contribution in [0.1, 0.15) is 48.2 Å². The molecule has 0 radical (unpaired) electrons. The molecule has 9 heteroatoms. The maximum atomic E-state index is 12.8. The summed E-state index contributed by atoms with van der Waals surface area (Å²) in [6.45, 7) is 8.69. The van der Waals surface area contributed by atoms with E-state index in [4.69, 9.17) is 25.8 Å². The minimum atomic E-state index is -0.473. The maximum Gasteiger partial charge on any atom is 0.341 e. The molecular weight excluding hydrogens is 566 g/mol. The Balaban J connectivity index is 1.66. The van der Waals surface area contributed by atoms with Crippen LogP contribution in [-0.2, 0) is 9.53 Å². The topological polar surface area (TPSA) is 73.9 Å². The number of benzene rings is 2. The smallest absolute Gasteiger partial charge is 0.341 e. The van der Waals surface area contributed by atoms with Crippen LogP contribution in [0.25, 0.3) is 11.1 Å². The number of carbonyl (C=O) groups is 2. The zero-order valence-electron chi connectivity index (χ0n) is 20.7. The number of nitrogens with one attached hydrogen (secondary N) is 1. The van der Waals surface area contributed by atoms with Gasteiger partial charge >= 0.3 is 5.97 Å². The first-order valence-corrected chi connectivity index (χ1v) is 13.7. The van der Waals surface area contributed by atoms with E-state index in [9.17, 15) is 9.59 Å². The van der Waals surface area contributed by atoms with Crippen molar-refractivity contribution in [1.82, 2.24) is 0 Å². The maximum absolute atomic E-state index is 12.8. The van der Waals surface area contributed by atoms with Gasteiger partial charge in [-0.1, -0.05) is 23.7 Å². The molecule has 0 aliphatic carbocycles. The van der Waals surface area contributed by atoms with Crippen LogP contribution in [-0.4, -0.2) is 31.7 Å². The Morgan fingerprint density at radius 1 is 1.08 bits per heavy atom. The fraction of sp³-hybridized carbons (Fsp3) is 0.333. The molecule has 0 aliphatic heterocycles. The van der Waals surface area contributed by atoms with Crippen LogP contribution in [0.5, 0.6) is 11.5 Å². The van der Waals surface area contributed by atoms with Crippen LogP contribution in [0.2, 0.25) is 5.02 Å². The highest BCUT2D eigenvalue weighted by Crippen LogP contribution is 2.38. The Labute approximate surface area is 229 Å². The van der Waals surface area contributed by atoms with Gasteiger partial charge in [0.1, 0.15) is 22.1 Å². The van der Waals surface area contributed by atoms with E-state index >= 15 is 0 Å². The van der Waals surface area contributed by atoms with Crippen LogP contribution in [0, 0.1) is 13.8 Å². The molecule has 192 valence electrons. The minimum Gasteiger partial charge on any atom is -0.494 e. The number of anilines is 1. The molecule has 0 saturated carbocycles. The number of thiophene rings is 1. The summed E-state index contributed by atoms with van der Waals surface area (Å²) < 4.78 is 17.5. The van der Waals surface area contributed by atoms with Gasteiger partial charge in [-0.05, 0) is 84.9 Å². The first-order valence-electron chi connectivity index (χ1n) is 11.7. The number of halogens is 2. The number of aryl methyl sites for hydroxylation is 1. The van der Waals surface area contributed by atoms with Crippen LogP contribution in [0.3, 0.4) is 0 Å². The molecule has 0 aliphatic rings.